The first-order chi connectivity index (χ1) is 12.3. The summed E-state index contributed by atoms with van der Waals surface area (Å²) in [5.74, 6) is 0.938. The largest absolute Gasteiger partial charge is 0.380 e. The van der Waals surface area contributed by atoms with Gasteiger partial charge >= 0.3 is 0 Å². The van der Waals surface area contributed by atoms with Gasteiger partial charge in [0.05, 0.1) is 22.3 Å². The fraction of sp³-hybridized carbons (Fsp3) is 0.500. The Labute approximate surface area is 164 Å². The van der Waals surface area contributed by atoms with Crippen molar-refractivity contribution >= 4 is 39.0 Å². The van der Waals surface area contributed by atoms with Crippen LogP contribution in [0.4, 0.5) is 5.69 Å². The Balaban J connectivity index is 1.85. The Morgan fingerprint density at radius 3 is 2.88 bits per heavy atom. The highest BCUT2D eigenvalue weighted by atomic mass is 32.2. The van der Waals surface area contributed by atoms with Gasteiger partial charge in [-0.15, -0.1) is 23.1 Å². The van der Waals surface area contributed by atoms with Gasteiger partial charge in [-0.25, -0.2) is 4.98 Å². The zero-order valence-electron chi connectivity index (χ0n) is 16.0. The second kappa shape index (κ2) is 7.59. The minimum atomic E-state index is 0.0370. The summed E-state index contributed by atoms with van der Waals surface area (Å²) in [6.45, 7) is 8.57. The van der Waals surface area contributed by atoms with Crippen molar-refractivity contribution in [2.75, 3.05) is 18.1 Å². The van der Waals surface area contributed by atoms with E-state index in [4.69, 9.17) is 4.98 Å². The number of thioether (sulfide) groups is 1. The average Bonchev–Trinajstić information content (AvgIpc) is 3.14. The summed E-state index contributed by atoms with van der Waals surface area (Å²) in [6.07, 6.45) is 2.94. The fourth-order valence-electron chi connectivity index (χ4n) is 3.17. The third kappa shape index (κ3) is 4.06. The molecule has 1 aromatic carbocycles. The summed E-state index contributed by atoms with van der Waals surface area (Å²) in [5, 5.41) is 14.3. The SMILES string of the molecule is CCC=C(C#N)C1CSC(c2nc3ccc(NC(C)(C)C)cc3s2)N1C. The van der Waals surface area contributed by atoms with Crippen molar-refractivity contribution in [2.24, 2.45) is 0 Å². The van der Waals surface area contributed by atoms with Crippen LogP contribution in [0.15, 0.2) is 29.8 Å². The van der Waals surface area contributed by atoms with Crippen LogP contribution in [0.5, 0.6) is 0 Å². The van der Waals surface area contributed by atoms with Crippen LogP contribution in [0.1, 0.15) is 44.5 Å². The molecule has 1 aliphatic heterocycles. The molecule has 0 spiro atoms. The number of aromatic nitrogens is 1. The smallest absolute Gasteiger partial charge is 0.121 e. The molecular weight excluding hydrogens is 360 g/mol. The number of anilines is 1. The minimum Gasteiger partial charge on any atom is -0.380 e. The summed E-state index contributed by atoms with van der Waals surface area (Å²) < 4.78 is 1.20. The van der Waals surface area contributed by atoms with Gasteiger partial charge in [0.15, 0.2) is 0 Å². The fourth-order valence-corrected chi connectivity index (χ4v) is 5.92. The number of hydrogen-bond donors (Lipinski definition) is 1. The molecule has 3 rings (SSSR count). The van der Waals surface area contributed by atoms with Crippen LogP contribution < -0.4 is 5.32 Å². The van der Waals surface area contributed by atoms with Crippen molar-refractivity contribution in [1.29, 1.82) is 5.26 Å². The molecule has 0 radical (unpaired) electrons. The molecule has 26 heavy (non-hydrogen) atoms. The molecule has 0 amide bonds. The first kappa shape index (κ1) is 19.2. The van der Waals surface area contributed by atoms with E-state index in [1.165, 1.54) is 4.70 Å². The first-order valence-electron chi connectivity index (χ1n) is 8.94. The molecule has 1 fully saturated rings. The van der Waals surface area contributed by atoms with Crippen molar-refractivity contribution < 1.29 is 0 Å². The Hall–Kier alpha value is -1.55. The predicted molar refractivity (Wildman–Crippen MR) is 114 cm³/mol. The number of nitriles is 1. The van der Waals surface area contributed by atoms with Crippen molar-refractivity contribution in [3.05, 3.63) is 34.9 Å². The van der Waals surface area contributed by atoms with Gasteiger partial charge in [-0.3, -0.25) is 4.90 Å². The lowest BCUT2D eigenvalue weighted by Crippen LogP contribution is -2.30. The number of fused-ring (bicyclic) bond motifs is 1. The van der Waals surface area contributed by atoms with Crippen LogP contribution >= 0.6 is 23.1 Å². The number of nitrogens with zero attached hydrogens (tertiary/aromatic N) is 3. The van der Waals surface area contributed by atoms with E-state index in [1.54, 1.807) is 11.3 Å². The maximum atomic E-state index is 9.46. The quantitative estimate of drug-likeness (QED) is 0.712. The number of rotatable bonds is 4. The topological polar surface area (TPSA) is 52.0 Å². The van der Waals surface area contributed by atoms with E-state index in [2.05, 4.69) is 69.2 Å². The van der Waals surface area contributed by atoms with Crippen LogP contribution in [0.3, 0.4) is 0 Å². The number of benzene rings is 1. The van der Waals surface area contributed by atoms with Crippen LogP contribution in [0, 0.1) is 11.3 Å². The van der Waals surface area contributed by atoms with Crippen molar-refractivity contribution in [1.82, 2.24) is 9.88 Å². The van der Waals surface area contributed by atoms with Gasteiger partial charge in [-0.1, -0.05) is 13.0 Å². The van der Waals surface area contributed by atoms with E-state index in [1.807, 2.05) is 17.8 Å². The molecule has 1 saturated heterocycles. The zero-order valence-corrected chi connectivity index (χ0v) is 17.7. The average molecular weight is 387 g/mol. The van der Waals surface area contributed by atoms with Crippen molar-refractivity contribution in [2.45, 2.75) is 51.1 Å². The van der Waals surface area contributed by atoms with E-state index in [0.717, 1.165) is 34.0 Å². The number of hydrogen-bond acceptors (Lipinski definition) is 6. The molecule has 4 nitrogen and oxygen atoms in total. The van der Waals surface area contributed by atoms with Crippen LogP contribution in [-0.2, 0) is 0 Å². The Bertz CT molecular complexity index is 857. The molecule has 0 aliphatic carbocycles. The Morgan fingerprint density at radius 2 is 2.23 bits per heavy atom. The summed E-state index contributed by atoms with van der Waals surface area (Å²) in [7, 11) is 2.11. The summed E-state index contributed by atoms with van der Waals surface area (Å²) in [6, 6.07) is 8.95. The summed E-state index contributed by atoms with van der Waals surface area (Å²) >= 11 is 3.63. The van der Waals surface area contributed by atoms with Gasteiger partial charge in [0.2, 0.25) is 0 Å². The molecule has 2 atom stereocenters. The molecule has 138 valence electrons. The van der Waals surface area contributed by atoms with E-state index < -0.39 is 0 Å². The lowest BCUT2D eigenvalue weighted by molar-refractivity contribution is 0.297. The standard InChI is InChI=1S/C20H26N4S2/c1-6-7-13(11-21)16-12-25-19(24(16)5)18-22-15-9-8-14(10-17(15)26-18)23-20(2,3)4/h7-10,16,19,23H,6,12H2,1-5H3. The van der Waals surface area contributed by atoms with E-state index in [0.29, 0.717) is 0 Å². The molecule has 2 aromatic rings. The molecule has 1 aromatic heterocycles. The molecule has 1 aliphatic rings. The monoisotopic (exact) mass is 386 g/mol. The molecule has 6 heteroatoms. The van der Waals surface area contributed by atoms with Gasteiger partial charge < -0.3 is 5.32 Å². The Morgan fingerprint density at radius 1 is 1.46 bits per heavy atom. The summed E-state index contributed by atoms with van der Waals surface area (Å²) in [4.78, 5) is 7.17. The van der Waals surface area contributed by atoms with E-state index in [-0.39, 0.29) is 17.0 Å². The summed E-state index contributed by atoms with van der Waals surface area (Å²) in [5.41, 5.74) is 3.09. The van der Waals surface area contributed by atoms with Crippen LogP contribution in [-0.4, -0.2) is 34.3 Å². The number of nitrogens with one attached hydrogen (secondary N) is 1. The molecule has 1 N–H and O–H groups in total. The number of thiazole rings is 1. The highest BCUT2D eigenvalue weighted by Gasteiger charge is 2.36. The number of likely N-dealkylation sites (N-methyl/N-ethyl adjacent to an activating group) is 1. The normalized spacial score (nSPS) is 21.9. The van der Waals surface area contributed by atoms with Crippen LogP contribution in [0.25, 0.3) is 10.2 Å². The zero-order chi connectivity index (χ0) is 18.9. The van der Waals surface area contributed by atoms with Gasteiger partial charge in [-0.05, 0) is 52.4 Å². The highest BCUT2D eigenvalue weighted by Crippen LogP contribution is 2.44. The third-order valence-electron chi connectivity index (χ3n) is 4.32. The molecular formula is C20H26N4S2. The second-order valence-electron chi connectivity index (χ2n) is 7.66. The second-order valence-corrected chi connectivity index (χ2v) is 9.83. The number of allylic oxidation sites excluding steroid dienone is 1. The first-order valence-corrected chi connectivity index (χ1v) is 10.8. The minimum absolute atomic E-state index is 0.0370. The molecule has 2 unspecified atom stereocenters. The van der Waals surface area contributed by atoms with Gasteiger partial charge in [-0.2, -0.15) is 5.26 Å². The molecule has 0 bridgehead atoms. The van der Waals surface area contributed by atoms with Crippen molar-refractivity contribution in [3.8, 4) is 6.07 Å². The van der Waals surface area contributed by atoms with E-state index >= 15 is 0 Å². The third-order valence-corrected chi connectivity index (χ3v) is 6.92. The van der Waals surface area contributed by atoms with Gasteiger partial charge in [0, 0.05) is 22.6 Å². The van der Waals surface area contributed by atoms with Crippen LogP contribution in [0.2, 0.25) is 0 Å². The van der Waals surface area contributed by atoms with Gasteiger partial charge in [0.25, 0.3) is 0 Å². The lowest BCUT2D eigenvalue weighted by atomic mass is 10.1. The van der Waals surface area contributed by atoms with Gasteiger partial charge in [0.1, 0.15) is 10.4 Å². The molecule has 0 saturated carbocycles. The van der Waals surface area contributed by atoms with Crippen molar-refractivity contribution in [3.63, 3.8) is 0 Å². The maximum Gasteiger partial charge on any atom is 0.121 e. The Kier molecular flexibility index (Phi) is 5.61. The predicted octanol–water partition coefficient (Wildman–Crippen LogP) is 5.41. The highest BCUT2D eigenvalue weighted by molar-refractivity contribution is 7.99. The lowest BCUT2D eigenvalue weighted by Gasteiger charge is -2.22. The van der Waals surface area contributed by atoms with E-state index in [9.17, 15) is 5.26 Å². The maximum absolute atomic E-state index is 9.46. The molecule has 2 heterocycles.